The highest BCUT2D eigenvalue weighted by Gasteiger charge is 2.18. The van der Waals surface area contributed by atoms with Crippen LogP contribution in [-0.2, 0) is 0 Å². The van der Waals surface area contributed by atoms with E-state index in [4.69, 9.17) is 4.98 Å². The van der Waals surface area contributed by atoms with E-state index in [9.17, 15) is 0 Å². The maximum atomic E-state index is 4.79. The molecule has 1 aliphatic rings. The van der Waals surface area contributed by atoms with Gasteiger partial charge in [0.15, 0.2) is 5.65 Å². The number of aliphatic imine (C=N–C) groups is 1. The van der Waals surface area contributed by atoms with E-state index < -0.39 is 0 Å². The van der Waals surface area contributed by atoms with Gasteiger partial charge in [0.1, 0.15) is 5.82 Å². The van der Waals surface area contributed by atoms with Crippen LogP contribution in [0.2, 0.25) is 0 Å². The maximum Gasteiger partial charge on any atom is 0.165 e. The molecule has 1 atom stereocenters. The number of nitrogens with zero attached hydrogens (tertiary/aromatic N) is 4. The van der Waals surface area contributed by atoms with Crippen molar-refractivity contribution in [1.82, 2.24) is 14.6 Å². The second-order valence-corrected chi connectivity index (χ2v) is 10.8. The van der Waals surface area contributed by atoms with Crippen LogP contribution >= 0.6 is 9.24 Å². The fraction of sp³-hybridized carbons (Fsp3) is 0.324. The summed E-state index contributed by atoms with van der Waals surface area (Å²) in [4.78, 5) is 9.37. The summed E-state index contributed by atoms with van der Waals surface area (Å²) in [6.07, 6.45) is 5.39. The minimum atomic E-state index is 0.812. The molecule has 1 unspecified atom stereocenters. The molecule has 40 heavy (non-hydrogen) atoms. The van der Waals surface area contributed by atoms with Crippen LogP contribution in [-0.4, -0.2) is 33.4 Å². The highest BCUT2D eigenvalue weighted by atomic mass is 31.0. The fourth-order valence-corrected chi connectivity index (χ4v) is 4.71. The number of hydrogen-bond donors (Lipinski definition) is 1. The summed E-state index contributed by atoms with van der Waals surface area (Å²) in [5, 5.41) is 8.92. The van der Waals surface area contributed by atoms with E-state index in [2.05, 4.69) is 108 Å². The lowest BCUT2D eigenvalue weighted by molar-refractivity contribution is 0.820. The minimum Gasteiger partial charge on any atom is -0.370 e. The van der Waals surface area contributed by atoms with Gasteiger partial charge in [-0.1, -0.05) is 104 Å². The molecule has 0 radical (unpaired) electrons. The van der Waals surface area contributed by atoms with Gasteiger partial charge in [-0.25, -0.2) is 4.98 Å². The Bertz CT molecular complexity index is 1480. The summed E-state index contributed by atoms with van der Waals surface area (Å²) >= 11 is 0. The summed E-state index contributed by atoms with van der Waals surface area (Å²) in [6.45, 7) is 18.5. The Balaban J connectivity index is 0.000000213. The van der Waals surface area contributed by atoms with Crippen LogP contribution in [0, 0.1) is 6.92 Å². The Labute approximate surface area is 242 Å². The van der Waals surface area contributed by atoms with Gasteiger partial charge in [0, 0.05) is 34.6 Å². The average Bonchev–Trinajstić information content (AvgIpc) is 3.53. The number of hydrogen-bond acceptors (Lipinski definition) is 4. The van der Waals surface area contributed by atoms with Crippen LogP contribution in [0.25, 0.3) is 16.9 Å². The monoisotopic (exact) mass is 553 g/mol. The lowest BCUT2D eigenvalue weighted by Gasteiger charge is -2.11. The molecule has 0 amide bonds. The van der Waals surface area contributed by atoms with Gasteiger partial charge >= 0.3 is 0 Å². The third-order valence-corrected chi connectivity index (χ3v) is 6.78. The molecule has 0 fully saturated rings. The molecule has 0 saturated carbocycles. The predicted molar refractivity (Wildman–Crippen MR) is 177 cm³/mol. The number of benzene rings is 2. The number of anilines is 1. The molecular formula is C34H44N5P. The fourth-order valence-electron chi connectivity index (χ4n) is 4.45. The summed E-state index contributed by atoms with van der Waals surface area (Å²) < 4.78 is 1.87. The largest absolute Gasteiger partial charge is 0.370 e. The first-order valence-electron chi connectivity index (χ1n) is 14.2. The molecule has 1 aliphatic heterocycles. The zero-order valence-electron chi connectivity index (χ0n) is 25.0. The Kier molecular flexibility index (Phi) is 11.8. The molecule has 0 bridgehead atoms. The number of unbranched alkanes of at least 4 members (excludes halogenated alkanes) is 1. The van der Waals surface area contributed by atoms with Gasteiger partial charge < -0.3 is 5.32 Å². The van der Waals surface area contributed by atoms with Crippen LogP contribution in [0.15, 0.2) is 95.2 Å². The zero-order chi connectivity index (χ0) is 29.1. The smallest absolute Gasteiger partial charge is 0.165 e. The number of rotatable bonds is 7. The summed E-state index contributed by atoms with van der Waals surface area (Å²) in [5.41, 5.74) is 10.2. The Morgan fingerprint density at radius 2 is 1.70 bits per heavy atom. The number of aryl methyl sites for hydroxylation is 1. The molecule has 0 aliphatic carbocycles. The van der Waals surface area contributed by atoms with Gasteiger partial charge in [0.2, 0.25) is 0 Å². The summed E-state index contributed by atoms with van der Waals surface area (Å²) in [5.74, 6) is 0.991. The normalized spacial score (nSPS) is 12.3. The standard InChI is InChI=1S/C17H21N4P.C14H15N.C3H8/c1-3-4-9-18-16-10-14(13-8-6-5-7-12(13)2)20-17-15(22)11-19-21(16)17;1-10(2)13-11(3)9-15-14(13)12-7-5-4-6-8-12;1-3-2/h5-8,10-11,18H,3-4,9,22H2,1-2H3;4-8H,1,9H2,2-3H3;3H2,1-2H3. The van der Waals surface area contributed by atoms with Gasteiger partial charge in [0.25, 0.3) is 0 Å². The second-order valence-electron chi connectivity index (χ2n) is 10.1. The van der Waals surface area contributed by atoms with Crippen LogP contribution in [0.3, 0.4) is 0 Å². The highest BCUT2D eigenvalue weighted by Crippen LogP contribution is 2.26. The van der Waals surface area contributed by atoms with Crippen molar-refractivity contribution in [2.45, 2.75) is 60.8 Å². The molecule has 0 spiro atoms. The number of nitrogens with one attached hydrogen (secondary N) is 1. The predicted octanol–water partition coefficient (Wildman–Crippen LogP) is 8.22. The average molecular weight is 554 g/mol. The Hall–Kier alpha value is -3.56. The van der Waals surface area contributed by atoms with Crippen molar-refractivity contribution < 1.29 is 0 Å². The molecule has 6 heteroatoms. The van der Waals surface area contributed by atoms with E-state index in [1.807, 2.05) is 35.8 Å². The van der Waals surface area contributed by atoms with Crippen LogP contribution in [0.5, 0.6) is 0 Å². The number of fused-ring (bicyclic) bond motifs is 1. The second kappa shape index (κ2) is 15.3. The summed E-state index contributed by atoms with van der Waals surface area (Å²) in [7, 11) is 2.71. The van der Waals surface area contributed by atoms with Gasteiger partial charge in [-0.05, 0) is 43.9 Å². The topological polar surface area (TPSA) is 54.6 Å². The van der Waals surface area contributed by atoms with Gasteiger partial charge in [-0.3, -0.25) is 4.99 Å². The summed E-state index contributed by atoms with van der Waals surface area (Å²) in [6, 6.07) is 20.7. The van der Waals surface area contributed by atoms with Gasteiger partial charge in [0.05, 0.1) is 24.1 Å². The molecule has 210 valence electrons. The first kappa shape index (κ1) is 31.0. The SMILES string of the molecule is C=C(C)C1=C(C)CN=C1c1ccccc1.CCC.CCCCNc1cc(-c2ccccc2C)nc2c(P)cnn12. The molecular weight excluding hydrogens is 509 g/mol. The van der Waals surface area contributed by atoms with E-state index in [-0.39, 0.29) is 0 Å². The van der Waals surface area contributed by atoms with Crippen molar-refractivity contribution in [2.24, 2.45) is 4.99 Å². The van der Waals surface area contributed by atoms with Crippen LogP contribution < -0.4 is 10.6 Å². The van der Waals surface area contributed by atoms with Crippen molar-refractivity contribution in [3.63, 3.8) is 0 Å². The zero-order valence-corrected chi connectivity index (χ0v) is 26.1. The molecule has 5 rings (SSSR count). The van der Waals surface area contributed by atoms with E-state index in [1.54, 1.807) is 0 Å². The molecule has 4 aromatic rings. The minimum absolute atomic E-state index is 0.812. The molecule has 5 nitrogen and oxygen atoms in total. The first-order chi connectivity index (χ1) is 19.3. The van der Waals surface area contributed by atoms with Crippen molar-refractivity contribution in [3.8, 4) is 11.3 Å². The van der Waals surface area contributed by atoms with Crippen LogP contribution in [0.4, 0.5) is 5.82 Å². The highest BCUT2D eigenvalue weighted by molar-refractivity contribution is 7.28. The van der Waals surface area contributed by atoms with E-state index in [0.29, 0.717) is 0 Å². The quantitative estimate of drug-likeness (QED) is 0.185. The third kappa shape index (κ3) is 7.76. The van der Waals surface area contributed by atoms with Crippen molar-refractivity contribution >= 4 is 31.7 Å². The molecule has 1 N–H and O–H groups in total. The Morgan fingerprint density at radius 1 is 1.02 bits per heavy atom. The van der Waals surface area contributed by atoms with Gasteiger partial charge in [-0.2, -0.15) is 9.61 Å². The van der Waals surface area contributed by atoms with Crippen molar-refractivity contribution in [3.05, 3.63) is 101 Å². The maximum absolute atomic E-state index is 4.79. The van der Waals surface area contributed by atoms with E-state index >= 15 is 0 Å². The molecule has 2 aromatic carbocycles. The van der Waals surface area contributed by atoms with Crippen molar-refractivity contribution in [2.75, 3.05) is 18.4 Å². The lowest BCUT2D eigenvalue weighted by Crippen LogP contribution is -2.09. The van der Waals surface area contributed by atoms with E-state index in [0.717, 1.165) is 58.8 Å². The first-order valence-corrected chi connectivity index (χ1v) is 14.8. The number of allylic oxidation sites excluding steroid dienone is 2. The van der Waals surface area contributed by atoms with Crippen molar-refractivity contribution in [1.29, 1.82) is 0 Å². The van der Waals surface area contributed by atoms with E-state index in [1.165, 1.54) is 35.1 Å². The number of aromatic nitrogens is 3. The third-order valence-electron chi connectivity index (χ3n) is 6.37. The Morgan fingerprint density at radius 3 is 2.35 bits per heavy atom. The molecule has 2 aromatic heterocycles. The van der Waals surface area contributed by atoms with Gasteiger partial charge in [-0.15, -0.1) is 0 Å². The molecule has 3 heterocycles. The van der Waals surface area contributed by atoms with Crippen LogP contribution in [0.1, 0.15) is 65.0 Å². The lowest BCUT2D eigenvalue weighted by atomic mass is 9.96. The molecule has 0 saturated heterocycles.